The zero-order valence-electron chi connectivity index (χ0n) is 16.2. The van der Waals surface area contributed by atoms with Gasteiger partial charge >= 0.3 is 0 Å². The van der Waals surface area contributed by atoms with Crippen LogP contribution >= 0.6 is 24.0 Å². The van der Waals surface area contributed by atoms with E-state index >= 15 is 0 Å². The molecule has 1 unspecified atom stereocenters. The van der Waals surface area contributed by atoms with E-state index in [-0.39, 0.29) is 30.1 Å². The van der Waals surface area contributed by atoms with E-state index in [9.17, 15) is 0 Å². The predicted octanol–water partition coefficient (Wildman–Crippen LogP) is 3.86. The van der Waals surface area contributed by atoms with Gasteiger partial charge in [-0.25, -0.2) is 4.99 Å². The number of hydrogen-bond donors (Lipinski definition) is 2. The lowest BCUT2D eigenvalue weighted by molar-refractivity contribution is 0.219. The lowest BCUT2D eigenvalue weighted by Gasteiger charge is -2.17. The highest BCUT2D eigenvalue weighted by Gasteiger charge is 2.09. The summed E-state index contributed by atoms with van der Waals surface area (Å²) < 4.78 is 16.6. The summed E-state index contributed by atoms with van der Waals surface area (Å²) in [6.07, 6.45) is 3.46. The van der Waals surface area contributed by atoms with Crippen molar-refractivity contribution in [2.24, 2.45) is 4.99 Å². The topological polar surface area (TPSA) is 68.0 Å². The molecule has 2 aromatic rings. The van der Waals surface area contributed by atoms with Gasteiger partial charge in [-0.15, -0.1) is 24.0 Å². The maximum absolute atomic E-state index is 5.95. The molecule has 0 fully saturated rings. The molecule has 0 radical (unpaired) electrons. The summed E-state index contributed by atoms with van der Waals surface area (Å²) in [5.74, 6) is 3.20. The predicted molar refractivity (Wildman–Crippen MR) is 120 cm³/mol. The maximum atomic E-state index is 5.95. The summed E-state index contributed by atoms with van der Waals surface area (Å²) in [5, 5.41) is 6.65. The SMILES string of the molecule is CCCNC(=NCC(C)Oc1ccccc1OC)NCCc1ccco1.I. The van der Waals surface area contributed by atoms with Gasteiger partial charge in [0.05, 0.1) is 19.9 Å². The van der Waals surface area contributed by atoms with E-state index in [1.165, 1.54) is 0 Å². The summed E-state index contributed by atoms with van der Waals surface area (Å²) in [6, 6.07) is 11.5. The fourth-order valence-corrected chi connectivity index (χ4v) is 2.37. The molecule has 0 saturated heterocycles. The smallest absolute Gasteiger partial charge is 0.191 e. The molecular formula is C20H30IN3O3. The third kappa shape index (κ3) is 8.55. The van der Waals surface area contributed by atoms with Crippen LogP contribution < -0.4 is 20.1 Å². The average Bonchev–Trinajstić information content (AvgIpc) is 3.17. The first-order valence-electron chi connectivity index (χ1n) is 9.07. The molecule has 1 aromatic heterocycles. The number of aliphatic imine (C=N–C) groups is 1. The molecule has 6 nitrogen and oxygen atoms in total. The van der Waals surface area contributed by atoms with Crippen molar-refractivity contribution in [2.75, 3.05) is 26.7 Å². The second kappa shape index (κ2) is 13.3. The van der Waals surface area contributed by atoms with Gasteiger partial charge < -0.3 is 24.5 Å². The molecule has 1 heterocycles. The van der Waals surface area contributed by atoms with Crippen molar-refractivity contribution < 1.29 is 13.9 Å². The third-order valence-electron chi connectivity index (χ3n) is 3.69. The summed E-state index contributed by atoms with van der Waals surface area (Å²) in [4.78, 5) is 4.63. The first-order valence-corrected chi connectivity index (χ1v) is 9.07. The van der Waals surface area contributed by atoms with Crippen LogP contribution in [0.15, 0.2) is 52.1 Å². The molecule has 2 rings (SSSR count). The summed E-state index contributed by atoms with van der Waals surface area (Å²) in [7, 11) is 1.64. The first kappa shape index (κ1) is 23.1. The Kier molecular flexibility index (Phi) is 11.4. The van der Waals surface area contributed by atoms with Gasteiger partial charge in [0, 0.05) is 19.5 Å². The van der Waals surface area contributed by atoms with Crippen LogP contribution in [0.2, 0.25) is 0 Å². The van der Waals surface area contributed by atoms with E-state index in [0.29, 0.717) is 6.54 Å². The monoisotopic (exact) mass is 487 g/mol. The molecule has 0 saturated carbocycles. The molecule has 2 N–H and O–H groups in total. The van der Waals surface area contributed by atoms with Crippen molar-refractivity contribution in [3.05, 3.63) is 48.4 Å². The van der Waals surface area contributed by atoms with E-state index in [1.54, 1.807) is 13.4 Å². The molecule has 1 aromatic carbocycles. The fraction of sp³-hybridized carbons (Fsp3) is 0.450. The number of rotatable bonds is 10. The maximum Gasteiger partial charge on any atom is 0.191 e. The van der Waals surface area contributed by atoms with Gasteiger partial charge in [-0.2, -0.15) is 0 Å². The van der Waals surface area contributed by atoms with E-state index in [0.717, 1.165) is 49.1 Å². The summed E-state index contributed by atoms with van der Waals surface area (Å²) in [5.41, 5.74) is 0. The molecular weight excluding hydrogens is 457 g/mol. The molecule has 150 valence electrons. The van der Waals surface area contributed by atoms with Crippen LogP contribution in [-0.2, 0) is 6.42 Å². The van der Waals surface area contributed by atoms with Crippen molar-refractivity contribution in [3.8, 4) is 11.5 Å². The molecule has 0 aliphatic carbocycles. The number of nitrogens with one attached hydrogen (secondary N) is 2. The molecule has 27 heavy (non-hydrogen) atoms. The van der Waals surface area contributed by atoms with Crippen LogP contribution in [-0.4, -0.2) is 38.8 Å². The van der Waals surface area contributed by atoms with E-state index < -0.39 is 0 Å². The summed E-state index contributed by atoms with van der Waals surface area (Å²) in [6.45, 7) is 6.29. The Labute approximate surface area is 178 Å². The van der Waals surface area contributed by atoms with Crippen LogP contribution in [0, 0.1) is 0 Å². The van der Waals surface area contributed by atoms with Crippen LogP contribution in [0.3, 0.4) is 0 Å². The molecule has 1 atom stereocenters. The van der Waals surface area contributed by atoms with Crippen molar-refractivity contribution in [1.82, 2.24) is 10.6 Å². The largest absolute Gasteiger partial charge is 0.493 e. The highest BCUT2D eigenvalue weighted by Crippen LogP contribution is 2.26. The number of benzene rings is 1. The van der Waals surface area contributed by atoms with Crippen LogP contribution in [0.4, 0.5) is 0 Å². The third-order valence-corrected chi connectivity index (χ3v) is 3.69. The first-order chi connectivity index (χ1) is 12.7. The van der Waals surface area contributed by atoms with Crippen molar-refractivity contribution >= 4 is 29.9 Å². The Bertz CT molecular complexity index is 662. The quantitative estimate of drug-likeness (QED) is 0.303. The summed E-state index contributed by atoms with van der Waals surface area (Å²) >= 11 is 0. The number of ether oxygens (including phenoxy) is 2. The number of para-hydroxylation sites is 2. The van der Waals surface area contributed by atoms with Crippen LogP contribution in [0.5, 0.6) is 11.5 Å². The zero-order chi connectivity index (χ0) is 18.6. The van der Waals surface area contributed by atoms with Gasteiger partial charge in [0.1, 0.15) is 11.9 Å². The van der Waals surface area contributed by atoms with E-state index in [4.69, 9.17) is 13.9 Å². The van der Waals surface area contributed by atoms with Crippen LogP contribution in [0.1, 0.15) is 26.0 Å². The number of furan rings is 1. The van der Waals surface area contributed by atoms with Crippen LogP contribution in [0.25, 0.3) is 0 Å². The molecule has 0 amide bonds. The van der Waals surface area contributed by atoms with Gasteiger partial charge in [-0.3, -0.25) is 0 Å². The van der Waals surface area contributed by atoms with E-state index in [1.807, 2.05) is 43.3 Å². The van der Waals surface area contributed by atoms with E-state index in [2.05, 4.69) is 22.5 Å². The lowest BCUT2D eigenvalue weighted by atomic mass is 10.3. The second-order valence-corrected chi connectivity index (χ2v) is 5.95. The normalized spacial score (nSPS) is 12.0. The molecule has 0 aliphatic rings. The number of guanidine groups is 1. The minimum Gasteiger partial charge on any atom is -0.493 e. The zero-order valence-corrected chi connectivity index (χ0v) is 18.6. The molecule has 0 bridgehead atoms. The van der Waals surface area contributed by atoms with Gasteiger partial charge in [-0.05, 0) is 37.6 Å². The molecule has 7 heteroatoms. The Hall–Kier alpha value is -1.90. The minimum absolute atomic E-state index is 0. The Morgan fingerprint density at radius 1 is 1.11 bits per heavy atom. The standard InChI is InChI=1S/C20H29N3O3.HI/c1-4-12-21-20(22-13-11-17-8-7-14-25-17)23-15-16(2)26-19-10-6-5-9-18(19)24-3;/h5-10,14,16H,4,11-13,15H2,1-3H3,(H2,21,22,23);1H. The Morgan fingerprint density at radius 2 is 1.85 bits per heavy atom. The Morgan fingerprint density at radius 3 is 2.52 bits per heavy atom. The number of methoxy groups -OCH3 is 1. The number of hydrogen-bond acceptors (Lipinski definition) is 4. The highest BCUT2D eigenvalue weighted by atomic mass is 127. The number of nitrogens with zero attached hydrogens (tertiary/aromatic N) is 1. The lowest BCUT2D eigenvalue weighted by Crippen LogP contribution is -2.39. The van der Waals surface area contributed by atoms with Gasteiger partial charge in [0.25, 0.3) is 0 Å². The molecule has 0 spiro atoms. The average molecular weight is 487 g/mol. The van der Waals surface area contributed by atoms with Crippen molar-refractivity contribution in [3.63, 3.8) is 0 Å². The van der Waals surface area contributed by atoms with Crippen molar-refractivity contribution in [1.29, 1.82) is 0 Å². The Balaban J connectivity index is 0.00000364. The fourth-order valence-electron chi connectivity index (χ4n) is 2.37. The van der Waals surface area contributed by atoms with Gasteiger partial charge in [0.2, 0.25) is 0 Å². The highest BCUT2D eigenvalue weighted by molar-refractivity contribution is 14.0. The number of halogens is 1. The second-order valence-electron chi connectivity index (χ2n) is 5.95. The minimum atomic E-state index is -0.0726. The van der Waals surface area contributed by atoms with Gasteiger partial charge in [0.15, 0.2) is 17.5 Å². The van der Waals surface area contributed by atoms with Gasteiger partial charge in [-0.1, -0.05) is 19.1 Å². The molecule has 0 aliphatic heterocycles. The van der Waals surface area contributed by atoms with Crippen molar-refractivity contribution in [2.45, 2.75) is 32.8 Å².